The number of hydrogen-bond acceptors (Lipinski definition) is 4. The molecule has 3 atom stereocenters. The first-order valence-corrected chi connectivity index (χ1v) is 11.7. The third-order valence-electron chi connectivity index (χ3n) is 7.92. The van der Waals surface area contributed by atoms with E-state index in [-0.39, 0.29) is 5.41 Å². The summed E-state index contributed by atoms with van der Waals surface area (Å²) in [6, 6.07) is 12.8. The molecule has 160 valence electrons. The van der Waals surface area contributed by atoms with E-state index in [0.29, 0.717) is 23.5 Å². The van der Waals surface area contributed by atoms with Crippen LogP contribution in [-0.4, -0.2) is 46.7 Å². The van der Waals surface area contributed by atoms with Gasteiger partial charge < -0.3 is 19.7 Å². The summed E-state index contributed by atoms with van der Waals surface area (Å²) in [6.45, 7) is 1.04. The van der Waals surface area contributed by atoms with Crippen LogP contribution in [0.3, 0.4) is 0 Å². The number of rotatable bonds is 2. The molecule has 3 aliphatic rings. The minimum absolute atomic E-state index is 0.0892. The molecule has 0 amide bonds. The Morgan fingerprint density at radius 1 is 1.23 bits per heavy atom. The van der Waals surface area contributed by atoms with Gasteiger partial charge in [-0.1, -0.05) is 40.2 Å². The molecule has 0 radical (unpaired) electrons. The lowest BCUT2D eigenvalue weighted by atomic mass is 9.52. The number of phenols is 1. The molecule has 6 heteroatoms. The maximum Gasteiger partial charge on any atom is 0.161 e. The zero-order valence-electron chi connectivity index (χ0n) is 17.8. The van der Waals surface area contributed by atoms with Gasteiger partial charge >= 0.3 is 0 Å². The second kappa shape index (κ2) is 6.84. The summed E-state index contributed by atoms with van der Waals surface area (Å²) in [5.74, 6) is 2.26. The quantitative estimate of drug-likeness (QED) is 0.569. The Morgan fingerprint density at radius 3 is 2.87 bits per heavy atom. The van der Waals surface area contributed by atoms with Crippen molar-refractivity contribution in [2.45, 2.75) is 37.1 Å². The Labute approximate surface area is 190 Å². The van der Waals surface area contributed by atoms with Gasteiger partial charge in [0, 0.05) is 32.8 Å². The van der Waals surface area contributed by atoms with Crippen molar-refractivity contribution in [1.29, 1.82) is 0 Å². The van der Waals surface area contributed by atoms with E-state index in [1.54, 1.807) is 7.11 Å². The summed E-state index contributed by atoms with van der Waals surface area (Å²) < 4.78 is 6.55. The molecule has 2 bridgehead atoms. The van der Waals surface area contributed by atoms with Crippen LogP contribution in [0.1, 0.15) is 28.9 Å². The van der Waals surface area contributed by atoms with Crippen LogP contribution < -0.4 is 4.74 Å². The van der Waals surface area contributed by atoms with Crippen LogP contribution in [0.25, 0.3) is 11.4 Å². The van der Waals surface area contributed by atoms with Crippen LogP contribution in [0.15, 0.2) is 40.9 Å². The molecule has 0 saturated carbocycles. The molecule has 31 heavy (non-hydrogen) atoms. The maximum absolute atomic E-state index is 11.2. The van der Waals surface area contributed by atoms with Gasteiger partial charge in [-0.05, 0) is 62.9 Å². The maximum atomic E-state index is 11.2. The standard InChI is InChI=1S/C25H26BrN3O2/c1-29-10-9-25-13-19-18(27-24(28-19)15-5-3-4-6-17(15)26)12-16(25)20(29)11-14-7-8-21(31-2)23(30)22(14)25/h3-8,16,20,30H,9-13H2,1-2H3,(H,27,28)/t16-,20+,25-/m1/s1. The van der Waals surface area contributed by atoms with Gasteiger partial charge in [0.25, 0.3) is 0 Å². The third-order valence-corrected chi connectivity index (χ3v) is 8.62. The summed E-state index contributed by atoms with van der Waals surface area (Å²) in [4.78, 5) is 11.2. The number of fused-ring (bicyclic) bond motifs is 2. The van der Waals surface area contributed by atoms with Crippen LogP contribution in [0, 0.1) is 5.92 Å². The summed E-state index contributed by atoms with van der Waals surface area (Å²) in [5, 5.41) is 11.2. The summed E-state index contributed by atoms with van der Waals surface area (Å²) >= 11 is 3.67. The molecule has 2 heterocycles. The van der Waals surface area contributed by atoms with Gasteiger partial charge in [-0.3, -0.25) is 0 Å². The Balaban J connectivity index is 1.52. The van der Waals surface area contributed by atoms with Crippen LogP contribution in [0.5, 0.6) is 11.5 Å². The van der Waals surface area contributed by atoms with Crippen molar-refractivity contribution in [1.82, 2.24) is 14.9 Å². The number of aromatic amines is 1. The van der Waals surface area contributed by atoms with E-state index in [9.17, 15) is 5.11 Å². The molecule has 1 saturated heterocycles. The van der Waals surface area contributed by atoms with Gasteiger partial charge in [0.15, 0.2) is 11.5 Å². The second-order valence-corrected chi connectivity index (χ2v) is 10.1. The zero-order chi connectivity index (χ0) is 21.3. The Hall–Kier alpha value is -2.31. The predicted molar refractivity (Wildman–Crippen MR) is 124 cm³/mol. The van der Waals surface area contributed by atoms with E-state index in [1.165, 1.54) is 17.0 Å². The minimum atomic E-state index is -0.0892. The predicted octanol–water partition coefficient (Wildman–Crippen LogP) is 4.47. The van der Waals surface area contributed by atoms with Crippen molar-refractivity contribution in [3.63, 3.8) is 0 Å². The first kappa shape index (κ1) is 19.4. The van der Waals surface area contributed by atoms with E-state index < -0.39 is 0 Å². The molecule has 0 spiro atoms. The minimum Gasteiger partial charge on any atom is -0.504 e. The number of piperidine rings is 1. The highest BCUT2D eigenvalue weighted by atomic mass is 79.9. The monoisotopic (exact) mass is 479 g/mol. The van der Waals surface area contributed by atoms with Gasteiger partial charge in [0.05, 0.1) is 12.8 Å². The first-order valence-electron chi connectivity index (χ1n) is 10.9. The van der Waals surface area contributed by atoms with E-state index >= 15 is 0 Å². The van der Waals surface area contributed by atoms with E-state index in [1.807, 2.05) is 18.2 Å². The number of H-pyrrole nitrogens is 1. The fraction of sp³-hybridized carbons (Fsp3) is 0.400. The molecule has 5 nitrogen and oxygen atoms in total. The number of methoxy groups -OCH3 is 1. The van der Waals surface area contributed by atoms with Gasteiger partial charge in [0.1, 0.15) is 5.82 Å². The number of hydrogen-bond donors (Lipinski definition) is 2. The molecular formula is C25H26BrN3O2. The number of imidazole rings is 1. The number of phenolic OH excluding ortho intramolecular Hbond substituents is 1. The SMILES string of the molecule is COc1ccc2c(c1O)[C@@]13CCN(C)[C@@H](C2)[C@H]1Cc1nc(-c2ccccc2Br)[nH]c1C3. The number of likely N-dealkylation sites (N-methyl/N-ethyl adjacent to an activating group) is 1. The summed E-state index contributed by atoms with van der Waals surface area (Å²) in [6.07, 6.45) is 3.80. The normalized spacial score (nSPS) is 26.7. The Bertz CT molecular complexity index is 1190. The zero-order valence-corrected chi connectivity index (χ0v) is 19.4. The van der Waals surface area contributed by atoms with Crippen molar-refractivity contribution < 1.29 is 9.84 Å². The Morgan fingerprint density at radius 2 is 2.06 bits per heavy atom. The van der Waals surface area contributed by atoms with Gasteiger partial charge in [-0.15, -0.1) is 0 Å². The van der Waals surface area contributed by atoms with Crippen molar-refractivity contribution in [3.05, 3.63) is 63.4 Å². The molecule has 3 aromatic rings. The summed E-state index contributed by atoms with van der Waals surface area (Å²) in [5.41, 5.74) is 5.76. The molecule has 2 N–H and O–H groups in total. The molecule has 2 aliphatic carbocycles. The summed E-state index contributed by atoms with van der Waals surface area (Å²) in [7, 11) is 3.88. The van der Waals surface area contributed by atoms with Crippen LogP contribution >= 0.6 is 15.9 Å². The van der Waals surface area contributed by atoms with E-state index in [0.717, 1.165) is 53.7 Å². The molecule has 6 rings (SSSR count). The number of nitrogens with one attached hydrogen (secondary N) is 1. The van der Waals surface area contributed by atoms with Gasteiger partial charge in [-0.2, -0.15) is 0 Å². The lowest BCUT2D eigenvalue weighted by Gasteiger charge is -2.57. The molecule has 1 aromatic heterocycles. The van der Waals surface area contributed by atoms with E-state index in [2.05, 4.69) is 51.1 Å². The lowest BCUT2D eigenvalue weighted by Crippen LogP contribution is -2.61. The molecule has 0 unspecified atom stereocenters. The highest BCUT2D eigenvalue weighted by Crippen LogP contribution is 2.57. The average molecular weight is 480 g/mol. The number of likely N-dealkylation sites (tertiary alicyclic amines) is 1. The smallest absolute Gasteiger partial charge is 0.161 e. The van der Waals surface area contributed by atoms with E-state index in [4.69, 9.17) is 9.72 Å². The first-order chi connectivity index (χ1) is 15.0. The van der Waals surface area contributed by atoms with Crippen molar-refractivity contribution in [2.75, 3.05) is 20.7 Å². The number of aromatic nitrogens is 2. The number of benzene rings is 2. The fourth-order valence-corrected chi connectivity index (χ4v) is 6.92. The molecule has 1 aliphatic heterocycles. The highest BCUT2D eigenvalue weighted by Gasteiger charge is 2.56. The van der Waals surface area contributed by atoms with Crippen molar-refractivity contribution >= 4 is 15.9 Å². The second-order valence-electron chi connectivity index (χ2n) is 9.29. The van der Waals surface area contributed by atoms with Crippen molar-refractivity contribution in [2.24, 2.45) is 5.92 Å². The number of ether oxygens (including phenoxy) is 1. The number of nitrogens with zero attached hydrogens (tertiary/aromatic N) is 2. The molecule has 1 fully saturated rings. The van der Waals surface area contributed by atoms with Crippen LogP contribution in [-0.2, 0) is 24.7 Å². The highest BCUT2D eigenvalue weighted by molar-refractivity contribution is 9.10. The molecule has 2 aromatic carbocycles. The molecular weight excluding hydrogens is 454 g/mol. The Kier molecular flexibility index (Phi) is 4.28. The van der Waals surface area contributed by atoms with Gasteiger partial charge in [0.2, 0.25) is 0 Å². The van der Waals surface area contributed by atoms with Crippen LogP contribution in [0.4, 0.5) is 0 Å². The third kappa shape index (κ3) is 2.67. The number of halogens is 1. The van der Waals surface area contributed by atoms with Crippen molar-refractivity contribution in [3.8, 4) is 22.9 Å². The average Bonchev–Trinajstić information content (AvgIpc) is 3.17. The lowest BCUT2D eigenvalue weighted by molar-refractivity contribution is 0.0215. The number of aromatic hydroxyl groups is 1. The largest absolute Gasteiger partial charge is 0.504 e. The van der Waals surface area contributed by atoms with Crippen LogP contribution in [0.2, 0.25) is 0 Å². The van der Waals surface area contributed by atoms with Gasteiger partial charge in [-0.25, -0.2) is 4.98 Å². The fourth-order valence-electron chi connectivity index (χ4n) is 6.44. The topological polar surface area (TPSA) is 61.4 Å².